The van der Waals surface area contributed by atoms with Gasteiger partial charge in [-0.05, 0) is 0 Å². The predicted molar refractivity (Wildman–Crippen MR) is 51.0 cm³/mol. The summed E-state index contributed by atoms with van der Waals surface area (Å²) in [7, 11) is 0. The zero-order chi connectivity index (χ0) is 10.1. The minimum atomic E-state index is 0.0281. The van der Waals surface area contributed by atoms with E-state index in [4.69, 9.17) is 0 Å². The molecule has 1 fully saturated rings. The van der Waals surface area contributed by atoms with Gasteiger partial charge >= 0.3 is 0 Å². The van der Waals surface area contributed by atoms with Gasteiger partial charge in [0.05, 0.1) is 11.9 Å². The van der Waals surface area contributed by atoms with Gasteiger partial charge < -0.3 is 9.88 Å². The van der Waals surface area contributed by atoms with Crippen LogP contribution in [0.4, 0.5) is 0 Å². The second-order valence-electron chi connectivity index (χ2n) is 3.80. The molecule has 7 heteroatoms. The lowest BCUT2D eigenvalue weighted by molar-refractivity contribution is 0.170. The fourth-order valence-electron chi connectivity index (χ4n) is 1.90. The molecule has 0 spiro atoms. The largest absolute Gasteiger partial charge is 0.328 e. The summed E-state index contributed by atoms with van der Waals surface area (Å²) in [6.07, 6.45) is 6.37. The van der Waals surface area contributed by atoms with Gasteiger partial charge in [0.15, 0.2) is 5.82 Å². The predicted octanol–water partition coefficient (Wildman–Crippen LogP) is -1.06. The molecule has 3 heterocycles. The molecule has 1 aliphatic rings. The monoisotopic (exact) mass is 205 g/mol. The molecule has 78 valence electrons. The fraction of sp³-hybridized carbons (Fsp3) is 0.500. The first kappa shape index (κ1) is 8.54. The van der Waals surface area contributed by atoms with Crippen molar-refractivity contribution in [1.82, 2.24) is 35.5 Å². The van der Waals surface area contributed by atoms with Gasteiger partial charge in [-0.15, -0.1) is 10.2 Å². The lowest BCUT2D eigenvalue weighted by Gasteiger charge is -2.43. The third-order valence-electron chi connectivity index (χ3n) is 2.84. The van der Waals surface area contributed by atoms with Crippen LogP contribution >= 0.6 is 0 Å². The lowest BCUT2D eigenvalue weighted by atomic mass is 9.88. The first-order valence-electron chi connectivity index (χ1n) is 4.81. The maximum absolute atomic E-state index is 4.07. The van der Waals surface area contributed by atoms with Crippen LogP contribution in [0.2, 0.25) is 0 Å². The molecule has 3 rings (SSSR count). The number of aromatic nitrogens is 6. The van der Waals surface area contributed by atoms with E-state index < -0.39 is 0 Å². The molecular weight excluding hydrogens is 194 g/mol. The summed E-state index contributed by atoms with van der Waals surface area (Å²) in [6.45, 7) is 1.83. The molecular formula is C8H11N7. The zero-order valence-electron chi connectivity index (χ0n) is 8.09. The van der Waals surface area contributed by atoms with Gasteiger partial charge in [-0.3, -0.25) is 0 Å². The van der Waals surface area contributed by atoms with E-state index >= 15 is 0 Å². The van der Waals surface area contributed by atoms with E-state index in [2.05, 4.69) is 35.5 Å². The minimum absolute atomic E-state index is 0.0281. The molecule has 0 aromatic carbocycles. The van der Waals surface area contributed by atoms with Crippen LogP contribution in [-0.2, 0) is 12.0 Å². The van der Waals surface area contributed by atoms with E-state index in [1.165, 1.54) is 0 Å². The quantitative estimate of drug-likeness (QED) is 0.667. The van der Waals surface area contributed by atoms with Crippen LogP contribution in [0.25, 0.3) is 0 Å². The first-order chi connectivity index (χ1) is 7.39. The Morgan fingerprint density at radius 2 is 2.40 bits per heavy atom. The van der Waals surface area contributed by atoms with Crippen LogP contribution in [-0.4, -0.2) is 43.3 Å². The molecule has 2 aromatic rings. The highest BCUT2D eigenvalue weighted by Crippen LogP contribution is 2.24. The Bertz CT molecular complexity index is 414. The summed E-state index contributed by atoms with van der Waals surface area (Å²) < 4.78 is 2.11. The molecule has 0 atom stereocenters. The number of imidazole rings is 1. The highest BCUT2D eigenvalue weighted by molar-refractivity contribution is 5.05. The Labute approximate surface area is 85.9 Å². The summed E-state index contributed by atoms with van der Waals surface area (Å²) >= 11 is 0. The van der Waals surface area contributed by atoms with Gasteiger partial charge in [-0.25, -0.2) is 4.98 Å². The maximum Gasteiger partial charge on any atom is 0.177 e. The SMILES string of the molecule is c1cn(C2(Cc3nn[nH]n3)CNC2)cn1. The average Bonchev–Trinajstić information content (AvgIpc) is 2.84. The maximum atomic E-state index is 4.07. The number of hydrogen-bond donors (Lipinski definition) is 2. The summed E-state index contributed by atoms with van der Waals surface area (Å²) in [4.78, 5) is 4.07. The Morgan fingerprint density at radius 1 is 1.47 bits per heavy atom. The Morgan fingerprint density at radius 3 is 2.93 bits per heavy atom. The molecule has 1 aliphatic heterocycles. The van der Waals surface area contributed by atoms with Gasteiger partial charge in [0.2, 0.25) is 0 Å². The van der Waals surface area contributed by atoms with E-state index in [0.29, 0.717) is 0 Å². The van der Waals surface area contributed by atoms with E-state index in [9.17, 15) is 0 Å². The lowest BCUT2D eigenvalue weighted by Crippen LogP contribution is -2.61. The van der Waals surface area contributed by atoms with E-state index in [0.717, 1.165) is 25.3 Å². The molecule has 1 saturated heterocycles. The number of aromatic amines is 1. The van der Waals surface area contributed by atoms with Crippen molar-refractivity contribution >= 4 is 0 Å². The van der Waals surface area contributed by atoms with Gasteiger partial charge in [-0.2, -0.15) is 5.21 Å². The van der Waals surface area contributed by atoms with Gasteiger partial charge in [0, 0.05) is 31.9 Å². The second-order valence-corrected chi connectivity index (χ2v) is 3.80. The van der Waals surface area contributed by atoms with Crippen molar-refractivity contribution in [1.29, 1.82) is 0 Å². The average molecular weight is 205 g/mol. The van der Waals surface area contributed by atoms with E-state index in [-0.39, 0.29) is 5.54 Å². The molecule has 0 unspecified atom stereocenters. The standard InChI is InChI=1S/C8H11N7/c1-2-15(6-9-1)8(4-10-5-8)3-7-11-13-14-12-7/h1-2,6,10H,3-5H2,(H,11,12,13,14). The Hall–Kier alpha value is -1.76. The minimum Gasteiger partial charge on any atom is -0.328 e. The van der Waals surface area contributed by atoms with Crippen molar-refractivity contribution in [2.75, 3.05) is 13.1 Å². The third kappa shape index (κ3) is 1.32. The number of hydrogen-bond acceptors (Lipinski definition) is 5. The fourth-order valence-corrected chi connectivity index (χ4v) is 1.90. The smallest absolute Gasteiger partial charge is 0.177 e. The topological polar surface area (TPSA) is 84.3 Å². The molecule has 0 aliphatic carbocycles. The van der Waals surface area contributed by atoms with Crippen LogP contribution < -0.4 is 5.32 Å². The summed E-state index contributed by atoms with van der Waals surface area (Å²) in [5, 5.41) is 17.3. The zero-order valence-corrected chi connectivity index (χ0v) is 8.09. The number of tetrazole rings is 1. The molecule has 0 radical (unpaired) electrons. The normalized spacial score (nSPS) is 18.7. The number of nitrogens with zero attached hydrogens (tertiary/aromatic N) is 5. The van der Waals surface area contributed by atoms with Crippen molar-refractivity contribution in [2.45, 2.75) is 12.0 Å². The molecule has 2 aromatic heterocycles. The Balaban J connectivity index is 1.87. The van der Waals surface area contributed by atoms with Crippen molar-refractivity contribution in [3.63, 3.8) is 0 Å². The molecule has 0 amide bonds. The van der Waals surface area contributed by atoms with Crippen LogP contribution in [0, 0.1) is 0 Å². The Kier molecular flexibility index (Phi) is 1.78. The van der Waals surface area contributed by atoms with Crippen LogP contribution in [0.3, 0.4) is 0 Å². The van der Waals surface area contributed by atoms with E-state index in [1.54, 1.807) is 6.20 Å². The first-order valence-corrected chi connectivity index (χ1v) is 4.81. The molecule has 2 N–H and O–H groups in total. The van der Waals surface area contributed by atoms with Crippen LogP contribution in [0.5, 0.6) is 0 Å². The summed E-state index contributed by atoms with van der Waals surface area (Å²) in [6, 6.07) is 0. The van der Waals surface area contributed by atoms with Crippen molar-refractivity contribution in [3.8, 4) is 0 Å². The van der Waals surface area contributed by atoms with Crippen molar-refractivity contribution in [2.24, 2.45) is 0 Å². The van der Waals surface area contributed by atoms with E-state index in [1.807, 2.05) is 12.5 Å². The summed E-state index contributed by atoms with van der Waals surface area (Å²) in [5.41, 5.74) is 0.0281. The van der Waals surface area contributed by atoms with Gasteiger partial charge in [-0.1, -0.05) is 5.21 Å². The molecule has 15 heavy (non-hydrogen) atoms. The van der Waals surface area contributed by atoms with Gasteiger partial charge in [0.25, 0.3) is 0 Å². The second kappa shape index (κ2) is 3.13. The van der Waals surface area contributed by atoms with Crippen molar-refractivity contribution < 1.29 is 0 Å². The van der Waals surface area contributed by atoms with Crippen LogP contribution in [0.15, 0.2) is 18.7 Å². The number of H-pyrrole nitrogens is 1. The highest BCUT2D eigenvalue weighted by Gasteiger charge is 2.39. The van der Waals surface area contributed by atoms with Gasteiger partial charge in [0.1, 0.15) is 0 Å². The summed E-state index contributed by atoms with van der Waals surface area (Å²) in [5.74, 6) is 0.741. The third-order valence-corrected chi connectivity index (χ3v) is 2.84. The van der Waals surface area contributed by atoms with Crippen molar-refractivity contribution in [3.05, 3.63) is 24.5 Å². The molecule has 0 bridgehead atoms. The highest BCUT2D eigenvalue weighted by atomic mass is 15.5. The molecule has 7 nitrogen and oxygen atoms in total. The number of nitrogens with one attached hydrogen (secondary N) is 2. The van der Waals surface area contributed by atoms with Crippen LogP contribution in [0.1, 0.15) is 5.82 Å². The number of rotatable bonds is 3. The molecule has 0 saturated carbocycles.